The highest BCUT2D eigenvalue weighted by Crippen LogP contribution is 2.39. The van der Waals surface area contributed by atoms with E-state index in [0.717, 1.165) is 6.07 Å². The van der Waals surface area contributed by atoms with Crippen LogP contribution in [0.25, 0.3) is 6.08 Å². The number of nitrogens with zero attached hydrogens (tertiary/aromatic N) is 3. The Balaban J connectivity index is 2.39. The van der Waals surface area contributed by atoms with Crippen molar-refractivity contribution in [1.82, 2.24) is 4.90 Å². The predicted octanol–water partition coefficient (Wildman–Crippen LogP) is 5.05. The molecule has 7 nitrogen and oxygen atoms in total. The van der Waals surface area contributed by atoms with Crippen LogP contribution in [0.1, 0.15) is 11.1 Å². The molecule has 30 heavy (non-hydrogen) atoms. The zero-order valence-electron chi connectivity index (χ0n) is 15.5. The van der Waals surface area contributed by atoms with Gasteiger partial charge in [0.25, 0.3) is 5.91 Å². The zero-order chi connectivity index (χ0) is 22.6. The minimum absolute atomic E-state index is 0.0347. The van der Waals surface area contributed by atoms with Crippen LogP contribution >= 0.6 is 11.6 Å². The molecule has 1 amide bonds. The molecular weight excluding hydrogens is 427 g/mol. The number of alkyl halides is 3. The number of halogens is 4. The van der Waals surface area contributed by atoms with Gasteiger partial charge in [0.05, 0.1) is 15.5 Å². The van der Waals surface area contributed by atoms with Gasteiger partial charge in [-0.2, -0.15) is 18.4 Å². The van der Waals surface area contributed by atoms with Gasteiger partial charge in [0.2, 0.25) is 5.75 Å². The molecule has 2 aromatic rings. The third-order valence-corrected chi connectivity index (χ3v) is 4.02. The molecule has 0 aromatic heterocycles. The smallest absolute Gasteiger partial charge is 0.416 e. The van der Waals surface area contributed by atoms with E-state index in [2.05, 4.69) is 0 Å². The van der Waals surface area contributed by atoms with Gasteiger partial charge in [0.15, 0.2) is 0 Å². The molecule has 156 valence electrons. The highest BCUT2D eigenvalue weighted by Gasteiger charge is 2.33. The molecule has 0 aliphatic rings. The van der Waals surface area contributed by atoms with Gasteiger partial charge in [-0.15, -0.1) is 0 Å². The van der Waals surface area contributed by atoms with E-state index in [9.17, 15) is 28.1 Å². The Morgan fingerprint density at radius 2 is 1.87 bits per heavy atom. The third-order valence-electron chi connectivity index (χ3n) is 3.73. The molecule has 11 heteroatoms. The van der Waals surface area contributed by atoms with E-state index >= 15 is 0 Å². The second-order valence-electron chi connectivity index (χ2n) is 6.10. The molecule has 0 radical (unpaired) electrons. The number of hydrogen-bond donors (Lipinski definition) is 0. The van der Waals surface area contributed by atoms with Gasteiger partial charge in [0, 0.05) is 20.2 Å². The number of benzene rings is 2. The Labute approximate surface area is 173 Å². The van der Waals surface area contributed by atoms with E-state index in [1.807, 2.05) is 0 Å². The van der Waals surface area contributed by atoms with Crippen molar-refractivity contribution >= 4 is 29.3 Å². The number of likely N-dealkylation sites (N-methyl/N-ethyl adjacent to an activating group) is 1. The molecule has 0 N–H and O–H groups in total. The lowest BCUT2D eigenvalue weighted by Crippen LogP contribution is -2.22. The number of rotatable bonds is 5. The number of nitro benzene ring substituents is 1. The lowest BCUT2D eigenvalue weighted by Gasteiger charge is -2.11. The second-order valence-corrected chi connectivity index (χ2v) is 6.51. The fourth-order valence-electron chi connectivity index (χ4n) is 2.28. The first-order valence-corrected chi connectivity index (χ1v) is 8.48. The Bertz CT molecular complexity index is 1080. The molecule has 0 unspecified atom stereocenters. The number of hydrogen-bond acceptors (Lipinski definition) is 5. The van der Waals surface area contributed by atoms with Crippen LogP contribution in [-0.2, 0) is 11.0 Å². The second kappa shape index (κ2) is 8.84. The summed E-state index contributed by atoms with van der Waals surface area (Å²) in [6.07, 6.45) is -3.46. The summed E-state index contributed by atoms with van der Waals surface area (Å²) in [4.78, 5) is 23.3. The molecular formula is C19H13ClF3N3O4. The molecule has 0 bridgehead atoms. The summed E-state index contributed by atoms with van der Waals surface area (Å²) in [5, 5.41) is 20.2. The lowest BCUT2D eigenvalue weighted by molar-refractivity contribution is -0.385. The van der Waals surface area contributed by atoms with Crippen molar-refractivity contribution in [3.63, 3.8) is 0 Å². The minimum Gasteiger partial charge on any atom is -0.449 e. The number of carbonyl (C=O) groups excluding carboxylic acids is 1. The average Bonchev–Trinajstić information content (AvgIpc) is 2.66. The van der Waals surface area contributed by atoms with Crippen LogP contribution < -0.4 is 4.74 Å². The maximum atomic E-state index is 12.8. The summed E-state index contributed by atoms with van der Waals surface area (Å²) in [6, 6.07) is 7.70. The topological polar surface area (TPSA) is 96.5 Å². The monoisotopic (exact) mass is 439 g/mol. The summed E-state index contributed by atoms with van der Waals surface area (Å²) in [5.74, 6) is -1.01. The van der Waals surface area contributed by atoms with Crippen molar-refractivity contribution in [3.8, 4) is 17.6 Å². The van der Waals surface area contributed by atoms with E-state index in [-0.39, 0.29) is 16.3 Å². The minimum atomic E-state index is -4.75. The number of nitriles is 1. The maximum Gasteiger partial charge on any atom is 0.416 e. The van der Waals surface area contributed by atoms with Crippen molar-refractivity contribution in [2.45, 2.75) is 6.18 Å². The van der Waals surface area contributed by atoms with Crippen LogP contribution in [-0.4, -0.2) is 29.8 Å². The largest absolute Gasteiger partial charge is 0.449 e. The first kappa shape index (κ1) is 22.7. The van der Waals surface area contributed by atoms with E-state index in [0.29, 0.717) is 17.7 Å². The van der Waals surface area contributed by atoms with Crippen LogP contribution in [0.4, 0.5) is 18.9 Å². The summed E-state index contributed by atoms with van der Waals surface area (Å²) in [5.41, 5.74) is -1.85. The molecule has 0 fully saturated rings. The van der Waals surface area contributed by atoms with Crippen LogP contribution in [0.2, 0.25) is 5.02 Å². The fraction of sp³-hybridized carbons (Fsp3) is 0.158. The Morgan fingerprint density at radius 1 is 1.23 bits per heavy atom. The van der Waals surface area contributed by atoms with Crippen LogP contribution in [0.15, 0.2) is 42.0 Å². The Kier molecular flexibility index (Phi) is 6.69. The Morgan fingerprint density at radius 3 is 2.37 bits per heavy atom. The van der Waals surface area contributed by atoms with Gasteiger partial charge in [0.1, 0.15) is 17.4 Å². The van der Waals surface area contributed by atoms with Crippen molar-refractivity contribution in [3.05, 3.63) is 68.2 Å². The molecule has 2 rings (SSSR count). The molecule has 2 aromatic carbocycles. The molecule has 0 heterocycles. The first-order chi connectivity index (χ1) is 13.9. The van der Waals surface area contributed by atoms with E-state index in [1.165, 1.54) is 43.3 Å². The Hall–Kier alpha value is -3.58. The van der Waals surface area contributed by atoms with Gasteiger partial charge in [-0.3, -0.25) is 14.9 Å². The van der Waals surface area contributed by atoms with Gasteiger partial charge < -0.3 is 9.64 Å². The highest BCUT2D eigenvalue weighted by molar-refractivity contribution is 6.32. The summed E-state index contributed by atoms with van der Waals surface area (Å²) < 4.78 is 43.7. The molecule has 0 aliphatic heterocycles. The van der Waals surface area contributed by atoms with Crippen LogP contribution in [0, 0.1) is 21.4 Å². The number of ether oxygens (including phenoxy) is 1. The maximum absolute atomic E-state index is 12.8. The normalized spacial score (nSPS) is 11.6. The van der Waals surface area contributed by atoms with Gasteiger partial charge in [-0.05, 0) is 35.9 Å². The van der Waals surface area contributed by atoms with Crippen molar-refractivity contribution in [1.29, 1.82) is 5.26 Å². The third kappa shape index (κ3) is 5.27. The van der Waals surface area contributed by atoms with Crippen molar-refractivity contribution in [2.75, 3.05) is 14.1 Å². The van der Waals surface area contributed by atoms with Crippen molar-refractivity contribution < 1.29 is 27.6 Å². The predicted molar refractivity (Wildman–Crippen MR) is 102 cm³/mol. The van der Waals surface area contributed by atoms with Crippen LogP contribution in [0.5, 0.6) is 11.5 Å². The SMILES string of the molecule is CN(C)C(=O)/C(C#N)=C\c1ccc(Oc2ccc(C(F)(F)F)cc2[N+](=O)[O-])c(Cl)c1. The van der Waals surface area contributed by atoms with E-state index in [1.54, 1.807) is 6.07 Å². The molecule has 0 atom stereocenters. The van der Waals surface area contributed by atoms with Gasteiger partial charge >= 0.3 is 11.9 Å². The van der Waals surface area contributed by atoms with Crippen LogP contribution in [0.3, 0.4) is 0 Å². The zero-order valence-corrected chi connectivity index (χ0v) is 16.3. The van der Waals surface area contributed by atoms with E-state index in [4.69, 9.17) is 21.6 Å². The van der Waals surface area contributed by atoms with Crippen molar-refractivity contribution in [2.24, 2.45) is 0 Å². The molecule has 0 saturated heterocycles. The number of nitro groups is 1. The summed E-state index contributed by atoms with van der Waals surface area (Å²) >= 11 is 6.10. The summed E-state index contributed by atoms with van der Waals surface area (Å²) in [7, 11) is 2.96. The van der Waals surface area contributed by atoms with E-state index < -0.39 is 34.0 Å². The standard InChI is InChI=1S/C19H13ClF3N3O4/c1-25(2)18(27)12(10-24)7-11-3-5-16(14(20)8-11)30-17-6-4-13(19(21,22)23)9-15(17)26(28)29/h3-9H,1-2H3/b12-7-. The number of amides is 1. The lowest BCUT2D eigenvalue weighted by atomic mass is 10.1. The van der Waals surface area contributed by atoms with Gasteiger partial charge in [-0.1, -0.05) is 17.7 Å². The summed E-state index contributed by atoms with van der Waals surface area (Å²) in [6.45, 7) is 0. The first-order valence-electron chi connectivity index (χ1n) is 8.10. The molecule has 0 aliphatic carbocycles. The highest BCUT2D eigenvalue weighted by atomic mass is 35.5. The quantitative estimate of drug-likeness (QED) is 0.281. The fourth-order valence-corrected chi connectivity index (χ4v) is 2.51. The van der Waals surface area contributed by atoms with Gasteiger partial charge in [-0.25, -0.2) is 0 Å². The molecule has 0 spiro atoms. The average molecular weight is 440 g/mol. The molecule has 0 saturated carbocycles. The number of carbonyl (C=O) groups is 1.